The van der Waals surface area contributed by atoms with Crippen LogP contribution < -0.4 is 4.74 Å². The maximum Gasteiger partial charge on any atom is 0.251 e. The summed E-state index contributed by atoms with van der Waals surface area (Å²) < 4.78 is 10.9. The van der Waals surface area contributed by atoms with Gasteiger partial charge >= 0.3 is 0 Å². The van der Waals surface area contributed by atoms with E-state index in [2.05, 4.69) is 15.1 Å². The molecule has 0 radical (unpaired) electrons. The van der Waals surface area contributed by atoms with E-state index in [9.17, 15) is 4.79 Å². The first-order chi connectivity index (χ1) is 12.1. The van der Waals surface area contributed by atoms with Crippen molar-refractivity contribution in [2.24, 2.45) is 0 Å². The first kappa shape index (κ1) is 16.9. The molecule has 1 atom stereocenters. The largest absolute Gasteiger partial charge is 0.470 e. The summed E-state index contributed by atoms with van der Waals surface area (Å²) in [7, 11) is 0. The molecule has 2 aromatic rings. The van der Waals surface area contributed by atoms with E-state index in [1.165, 1.54) is 12.4 Å². The number of aryl methyl sites for hydroxylation is 2. The lowest BCUT2D eigenvalue weighted by Crippen LogP contribution is -2.45. The fourth-order valence-corrected chi connectivity index (χ4v) is 2.92. The molecule has 1 saturated heterocycles. The third-order valence-electron chi connectivity index (χ3n) is 4.29. The molecule has 3 heterocycles. The number of carbonyl (C=O) groups is 1. The van der Waals surface area contributed by atoms with Crippen LogP contribution >= 0.6 is 0 Å². The zero-order chi connectivity index (χ0) is 17.8. The molecule has 1 aliphatic heterocycles. The Bertz CT molecular complexity index is 791. The van der Waals surface area contributed by atoms with Crippen molar-refractivity contribution in [3.05, 3.63) is 35.1 Å². The minimum atomic E-state index is -0.203. The monoisotopic (exact) mass is 341 g/mol. The van der Waals surface area contributed by atoms with E-state index < -0.39 is 0 Å². The third-order valence-corrected chi connectivity index (χ3v) is 4.29. The van der Waals surface area contributed by atoms with Crippen molar-refractivity contribution >= 4 is 5.91 Å². The molecular weight excluding hydrogens is 322 g/mol. The Morgan fingerprint density at radius 1 is 1.44 bits per heavy atom. The standard InChI is InChI=1S/C17H19N5O3/c1-11-14(12(2)25-21-11)8-16(23)22-7-3-4-13(10-22)24-17-15(9-18)19-5-6-20-17/h5-6,13H,3-4,7-8,10H2,1-2H3/t13-/m0/s1. The van der Waals surface area contributed by atoms with Crippen LogP contribution in [0.25, 0.3) is 0 Å². The summed E-state index contributed by atoms with van der Waals surface area (Å²) in [5, 5.41) is 13.0. The maximum absolute atomic E-state index is 12.6. The first-order valence-electron chi connectivity index (χ1n) is 8.15. The van der Waals surface area contributed by atoms with Crippen LogP contribution in [0.15, 0.2) is 16.9 Å². The number of nitriles is 1. The highest BCUT2D eigenvalue weighted by Gasteiger charge is 2.27. The van der Waals surface area contributed by atoms with Crippen LogP contribution in [0.1, 0.15) is 35.6 Å². The molecule has 1 amide bonds. The summed E-state index contributed by atoms with van der Waals surface area (Å²) in [6.07, 6.45) is 4.63. The number of ether oxygens (including phenoxy) is 1. The topological polar surface area (TPSA) is 105 Å². The Morgan fingerprint density at radius 2 is 2.24 bits per heavy atom. The summed E-state index contributed by atoms with van der Waals surface area (Å²) in [4.78, 5) is 22.4. The van der Waals surface area contributed by atoms with E-state index in [1.807, 2.05) is 19.9 Å². The molecular formula is C17H19N5O3. The maximum atomic E-state index is 12.6. The molecule has 0 unspecified atom stereocenters. The second kappa shape index (κ2) is 7.30. The van der Waals surface area contributed by atoms with Gasteiger partial charge in [0.2, 0.25) is 11.6 Å². The van der Waals surface area contributed by atoms with Gasteiger partial charge in [-0.15, -0.1) is 0 Å². The quantitative estimate of drug-likeness (QED) is 0.831. The van der Waals surface area contributed by atoms with Crippen LogP contribution in [0.4, 0.5) is 0 Å². The van der Waals surface area contributed by atoms with Gasteiger partial charge in [0.1, 0.15) is 17.9 Å². The fraction of sp³-hybridized carbons (Fsp3) is 0.471. The van der Waals surface area contributed by atoms with Crippen molar-refractivity contribution in [3.8, 4) is 11.9 Å². The van der Waals surface area contributed by atoms with Gasteiger partial charge in [0.05, 0.1) is 18.7 Å². The van der Waals surface area contributed by atoms with E-state index in [0.29, 0.717) is 18.8 Å². The lowest BCUT2D eigenvalue weighted by Gasteiger charge is -2.32. The lowest BCUT2D eigenvalue weighted by molar-refractivity contribution is -0.133. The number of likely N-dealkylation sites (tertiary alicyclic amines) is 1. The molecule has 3 rings (SSSR count). The van der Waals surface area contributed by atoms with Gasteiger partial charge in [-0.05, 0) is 26.7 Å². The van der Waals surface area contributed by atoms with Gasteiger partial charge in [-0.1, -0.05) is 5.16 Å². The summed E-state index contributed by atoms with van der Waals surface area (Å²) in [5.41, 5.74) is 1.74. The molecule has 0 bridgehead atoms. The molecule has 0 aliphatic carbocycles. The Kier molecular flexibility index (Phi) is 4.93. The van der Waals surface area contributed by atoms with Gasteiger partial charge in [-0.2, -0.15) is 5.26 Å². The highest BCUT2D eigenvalue weighted by atomic mass is 16.5. The van der Waals surface area contributed by atoms with E-state index in [0.717, 1.165) is 24.1 Å². The van der Waals surface area contributed by atoms with Crippen LogP contribution in [0.5, 0.6) is 5.88 Å². The second-order valence-electron chi connectivity index (χ2n) is 6.02. The number of hydrogen-bond acceptors (Lipinski definition) is 7. The summed E-state index contributed by atoms with van der Waals surface area (Å²) in [5.74, 6) is 0.909. The van der Waals surface area contributed by atoms with Crippen LogP contribution in [0, 0.1) is 25.2 Å². The van der Waals surface area contributed by atoms with Gasteiger partial charge in [0, 0.05) is 24.5 Å². The Morgan fingerprint density at radius 3 is 2.96 bits per heavy atom. The van der Waals surface area contributed by atoms with Crippen molar-refractivity contribution < 1.29 is 14.1 Å². The van der Waals surface area contributed by atoms with Gasteiger partial charge in [-0.25, -0.2) is 9.97 Å². The molecule has 1 aliphatic rings. The SMILES string of the molecule is Cc1noc(C)c1CC(=O)N1CCC[C@H](Oc2nccnc2C#N)C1. The minimum Gasteiger partial charge on any atom is -0.470 e. The van der Waals surface area contributed by atoms with E-state index in [4.69, 9.17) is 14.5 Å². The molecule has 2 aromatic heterocycles. The third kappa shape index (κ3) is 3.76. The van der Waals surface area contributed by atoms with Crippen molar-refractivity contribution in [2.75, 3.05) is 13.1 Å². The van der Waals surface area contributed by atoms with Crippen molar-refractivity contribution in [2.45, 2.75) is 39.2 Å². The predicted octanol–water partition coefficient (Wildman–Crippen LogP) is 1.57. The zero-order valence-corrected chi connectivity index (χ0v) is 14.2. The highest BCUT2D eigenvalue weighted by molar-refractivity contribution is 5.79. The lowest BCUT2D eigenvalue weighted by atomic mass is 10.1. The van der Waals surface area contributed by atoms with Crippen molar-refractivity contribution in [1.82, 2.24) is 20.0 Å². The molecule has 130 valence electrons. The fourth-order valence-electron chi connectivity index (χ4n) is 2.92. The number of carbonyl (C=O) groups excluding carboxylic acids is 1. The highest BCUT2D eigenvalue weighted by Crippen LogP contribution is 2.20. The van der Waals surface area contributed by atoms with E-state index >= 15 is 0 Å². The molecule has 0 spiro atoms. The number of aromatic nitrogens is 3. The normalized spacial score (nSPS) is 17.2. The summed E-state index contributed by atoms with van der Waals surface area (Å²) in [6, 6.07) is 1.96. The summed E-state index contributed by atoms with van der Waals surface area (Å²) >= 11 is 0. The number of piperidine rings is 1. The second-order valence-corrected chi connectivity index (χ2v) is 6.02. The van der Waals surface area contributed by atoms with Gasteiger partial charge in [-0.3, -0.25) is 4.79 Å². The summed E-state index contributed by atoms with van der Waals surface area (Å²) in [6.45, 7) is 4.79. The van der Waals surface area contributed by atoms with Crippen molar-refractivity contribution in [3.63, 3.8) is 0 Å². The molecule has 0 saturated carbocycles. The smallest absolute Gasteiger partial charge is 0.251 e. The van der Waals surface area contributed by atoms with Crippen LogP contribution in [-0.4, -0.2) is 45.1 Å². The van der Waals surface area contributed by atoms with E-state index in [-0.39, 0.29) is 30.0 Å². The average Bonchev–Trinajstić information content (AvgIpc) is 2.94. The number of hydrogen-bond donors (Lipinski definition) is 0. The number of amides is 1. The average molecular weight is 341 g/mol. The Labute approximate surface area is 145 Å². The van der Waals surface area contributed by atoms with Crippen LogP contribution in [-0.2, 0) is 11.2 Å². The number of rotatable bonds is 4. The molecule has 0 aromatic carbocycles. The zero-order valence-electron chi connectivity index (χ0n) is 14.2. The van der Waals surface area contributed by atoms with Gasteiger partial charge in [0.25, 0.3) is 5.88 Å². The van der Waals surface area contributed by atoms with Crippen LogP contribution in [0.2, 0.25) is 0 Å². The Balaban J connectivity index is 1.65. The van der Waals surface area contributed by atoms with Crippen molar-refractivity contribution in [1.29, 1.82) is 5.26 Å². The van der Waals surface area contributed by atoms with Gasteiger partial charge < -0.3 is 14.2 Å². The van der Waals surface area contributed by atoms with Gasteiger partial charge in [0.15, 0.2) is 0 Å². The molecule has 8 heteroatoms. The molecule has 0 N–H and O–H groups in total. The van der Waals surface area contributed by atoms with Crippen LogP contribution in [0.3, 0.4) is 0 Å². The van der Waals surface area contributed by atoms with E-state index in [1.54, 1.807) is 4.90 Å². The number of nitrogens with zero attached hydrogens (tertiary/aromatic N) is 5. The Hall–Kier alpha value is -2.95. The first-order valence-corrected chi connectivity index (χ1v) is 8.15. The predicted molar refractivity (Wildman–Crippen MR) is 86.7 cm³/mol. The minimum absolute atomic E-state index is 0.0161. The molecule has 1 fully saturated rings. The molecule has 8 nitrogen and oxygen atoms in total. The molecule has 25 heavy (non-hydrogen) atoms.